The molecule has 0 spiro atoms. The predicted molar refractivity (Wildman–Crippen MR) is 196 cm³/mol. The number of rotatable bonds is 20. The summed E-state index contributed by atoms with van der Waals surface area (Å²) in [5.41, 5.74) is 3.22. The summed E-state index contributed by atoms with van der Waals surface area (Å²) in [7, 11) is -1.07. The highest BCUT2D eigenvalue weighted by Gasteiger charge is 2.51. The molecule has 5 rings (SSSR count). The molecule has 0 radical (unpaired) electrons. The van der Waals surface area contributed by atoms with Gasteiger partial charge in [-0.2, -0.15) is 0 Å². The van der Waals surface area contributed by atoms with Crippen molar-refractivity contribution < 1.29 is 28.6 Å². The Morgan fingerprint density at radius 3 is 1.86 bits per heavy atom. The smallest absolute Gasteiger partial charge is 0.220 e. The van der Waals surface area contributed by atoms with E-state index in [9.17, 15) is 9.90 Å². The Kier molecular flexibility index (Phi) is 16.0. The van der Waals surface area contributed by atoms with Gasteiger partial charge >= 0.3 is 0 Å². The van der Waals surface area contributed by atoms with E-state index in [0.717, 1.165) is 37.1 Å². The molecule has 1 amide bonds. The van der Waals surface area contributed by atoms with E-state index >= 15 is 0 Å². The van der Waals surface area contributed by atoms with Crippen LogP contribution in [0.3, 0.4) is 0 Å². The topological polar surface area (TPSA) is 86.3 Å². The van der Waals surface area contributed by atoms with Gasteiger partial charge in [0.15, 0.2) is 12.6 Å². The molecule has 6 atom stereocenters. The normalized spacial score (nSPS) is 23.7. The van der Waals surface area contributed by atoms with E-state index in [-0.39, 0.29) is 12.5 Å². The van der Waals surface area contributed by atoms with Crippen molar-refractivity contribution >= 4 is 14.1 Å². The average molecular weight is 690 g/mol. The van der Waals surface area contributed by atoms with Gasteiger partial charge in [0, 0.05) is 32.5 Å². The van der Waals surface area contributed by atoms with Gasteiger partial charge in [0.1, 0.15) is 24.4 Å². The molecule has 8 heteroatoms. The van der Waals surface area contributed by atoms with Crippen molar-refractivity contribution in [3.63, 3.8) is 0 Å². The fourth-order valence-corrected chi connectivity index (χ4v) is 8.65. The third-order valence-corrected chi connectivity index (χ3v) is 11.4. The molecule has 2 N–H and O–H groups in total. The summed E-state index contributed by atoms with van der Waals surface area (Å²) in [6, 6.07) is 29.5. The van der Waals surface area contributed by atoms with Gasteiger partial charge in [0.05, 0.1) is 6.61 Å². The molecular formula is C41H56NO6P. The lowest BCUT2D eigenvalue weighted by Gasteiger charge is -2.48. The molecule has 3 aromatic carbocycles. The van der Waals surface area contributed by atoms with Crippen LogP contribution in [0, 0.1) is 0 Å². The lowest BCUT2D eigenvalue weighted by molar-refractivity contribution is -0.333. The van der Waals surface area contributed by atoms with Crippen LogP contribution in [0.4, 0.5) is 0 Å². The minimum Gasteiger partial charge on any atom is -0.388 e. The molecule has 2 fully saturated rings. The Labute approximate surface area is 294 Å². The van der Waals surface area contributed by atoms with Crippen LogP contribution in [0.25, 0.3) is 0 Å². The van der Waals surface area contributed by atoms with Crippen molar-refractivity contribution in [1.29, 1.82) is 0 Å². The number of nitrogens with one attached hydrogen (secondary N) is 1. The van der Waals surface area contributed by atoms with Gasteiger partial charge < -0.3 is 29.2 Å². The maximum Gasteiger partial charge on any atom is 0.220 e. The van der Waals surface area contributed by atoms with Gasteiger partial charge in [-0.05, 0) is 17.5 Å². The third kappa shape index (κ3) is 12.3. The van der Waals surface area contributed by atoms with E-state index < -0.39 is 45.1 Å². The molecule has 266 valence electrons. The summed E-state index contributed by atoms with van der Waals surface area (Å²) in [6.45, 7) is 2.50. The number of carbonyl (C=O) groups excluding carboxylic acids is 1. The Hall–Kier alpha value is -2.64. The van der Waals surface area contributed by atoms with Crippen molar-refractivity contribution in [3.05, 3.63) is 108 Å². The third-order valence-electron chi connectivity index (χ3n) is 9.43. The Morgan fingerprint density at radius 2 is 1.29 bits per heavy atom. The standard InChI is InChI=1S/C41H56NO6P/c1-2-3-4-5-6-7-8-9-10-11-21-28-36(43)42-37-38(44)39-35(29-45-40(47-39)34-26-19-14-20-27-34)46-41(37)48-49(30-32-22-15-12-16-23-32)31-33-24-17-13-18-25-33/h12-20,22-27,35,37-41,44H,2-11,21,28-31H2,1H3,(H,42,43)/t35-,37-,38-,39-,40?,41-/m1/s1. The van der Waals surface area contributed by atoms with Crippen LogP contribution in [-0.2, 0) is 35.9 Å². The molecular weight excluding hydrogens is 633 g/mol. The maximum atomic E-state index is 13.4. The van der Waals surface area contributed by atoms with Gasteiger partial charge in [0.25, 0.3) is 0 Å². The number of fused-ring (bicyclic) bond motifs is 1. The molecule has 2 heterocycles. The van der Waals surface area contributed by atoms with Crippen LogP contribution in [0.1, 0.15) is 107 Å². The van der Waals surface area contributed by atoms with Crippen molar-refractivity contribution in [2.75, 3.05) is 6.61 Å². The summed E-state index contributed by atoms with van der Waals surface area (Å²) in [5, 5.41) is 15.0. The Morgan fingerprint density at radius 1 is 0.755 bits per heavy atom. The van der Waals surface area contributed by atoms with Crippen LogP contribution < -0.4 is 5.32 Å². The van der Waals surface area contributed by atoms with Gasteiger partial charge in [-0.1, -0.05) is 162 Å². The lowest BCUT2D eigenvalue weighted by atomic mass is 9.95. The minimum absolute atomic E-state index is 0.0993. The fourth-order valence-electron chi connectivity index (χ4n) is 6.67. The summed E-state index contributed by atoms with van der Waals surface area (Å²) in [5.74, 6) is -0.0993. The molecule has 0 aromatic heterocycles. The zero-order valence-corrected chi connectivity index (χ0v) is 30.1. The molecule has 1 unspecified atom stereocenters. The average Bonchev–Trinajstić information content (AvgIpc) is 3.13. The summed E-state index contributed by atoms with van der Waals surface area (Å²) < 4.78 is 25.7. The number of hydrogen-bond donors (Lipinski definition) is 2. The Balaban J connectivity index is 1.21. The van der Waals surface area contributed by atoms with Gasteiger partial charge in [-0.15, -0.1) is 0 Å². The number of aliphatic hydroxyl groups is 1. The van der Waals surface area contributed by atoms with Crippen LogP contribution in [0.15, 0.2) is 91.0 Å². The number of unbranched alkanes of at least 4 members (excludes halogenated alkanes) is 10. The van der Waals surface area contributed by atoms with E-state index in [1.165, 1.54) is 62.5 Å². The lowest BCUT2D eigenvalue weighted by Crippen LogP contribution is -2.66. The van der Waals surface area contributed by atoms with E-state index in [0.29, 0.717) is 6.42 Å². The molecule has 2 saturated heterocycles. The zero-order valence-electron chi connectivity index (χ0n) is 29.2. The molecule has 0 bridgehead atoms. The van der Waals surface area contributed by atoms with E-state index in [1.807, 2.05) is 66.7 Å². The molecule has 3 aromatic rings. The second kappa shape index (κ2) is 20.9. The number of ether oxygens (including phenoxy) is 3. The molecule has 2 aliphatic heterocycles. The molecule has 0 aliphatic carbocycles. The van der Waals surface area contributed by atoms with Crippen LogP contribution in [-0.4, -0.2) is 48.3 Å². The van der Waals surface area contributed by atoms with Crippen LogP contribution in [0.5, 0.6) is 0 Å². The van der Waals surface area contributed by atoms with Crippen LogP contribution >= 0.6 is 8.15 Å². The predicted octanol–water partition coefficient (Wildman–Crippen LogP) is 9.19. The highest BCUT2D eigenvalue weighted by Crippen LogP contribution is 2.48. The fraction of sp³-hybridized carbons (Fsp3) is 0.537. The first-order valence-corrected chi connectivity index (χ1v) is 20.2. The zero-order chi connectivity index (χ0) is 34.1. The summed E-state index contributed by atoms with van der Waals surface area (Å²) in [6.07, 6.45) is 11.6. The molecule has 49 heavy (non-hydrogen) atoms. The first kappa shape index (κ1) is 37.6. The van der Waals surface area contributed by atoms with Crippen molar-refractivity contribution in [3.8, 4) is 0 Å². The van der Waals surface area contributed by atoms with Gasteiger partial charge in [-0.25, -0.2) is 0 Å². The molecule has 7 nitrogen and oxygen atoms in total. The maximum absolute atomic E-state index is 13.4. The second-order valence-corrected chi connectivity index (χ2v) is 15.3. The number of hydrogen-bond acceptors (Lipinski definition) is 6. The largest absolute Gasteiger partial charge is 0.388 e. The molecule has 0 saturated carbocycles. The quantitative estimate of drug-likeness (QED) is 0.0909. The number of carbonyl (C=O) groups is 1. The first-order valence-electron chi connectivity index (χ1n) is 18.5. The number of amides is 1. The summed E-state index contributed by atoms with van der Waals surface area (Å²) >= 11 is 0. The highest BCUT2D eigenvalue weighted by atomic mass is 31.1. The molecule has 2 aliphatic rings. The van der Waals surface area contributed by atoms with E-state index in [2.05, 4.69) is 36.5 Å². The SMILES string of the molecule is CCCCCCCCCCCCCC(=O)N[C@H]1[C@@H](OP(Cc2ccccc2)Cc2ccccc2)O[C@@H]2COC(c3ccccc3)O[C@H]2[C@@H]1O. The van der Waals surface area contributed by atoms with Crippen molar-refractivity contribution in [1.82, 2.24) is 5.32 Å². The first-order chi connectivity index (χ1) is 24.1. The van der Waals surface area contributed by atoms with Crippen molar-refractivity contribution in [2.45, 2.75) is 133 Å². The van der Waals surface area contributed by atoms with Crippen molar-refractivity contribution in [2.24, 2.45) is 0 Å². The Bertz CT molecular complexity index is 1290. The second-order valence-electron chi connectivity index (χ2n) is 13.5. The number of aliphatic hydroxyl groups excluding tert-OH is 1. The monoisotopic (exact) mass is 689 g/mol. The van der Waals surface area contributed by atoms with E-state index in [1.54, 1.807) is 0 Å². The van der Waals surface area contributed by atoms with Crippen LogP contribution in [0.2, 0.25) is 0 Å². The van der Waals surface area contributed by atoms with Gasteiger partial charge in [0.2, 0.25) is 5.91 Å². The number of benzene rings is 3. The summed E-state index contributed by atoms with van der Waals surface area (Å²) in [4.78, 5) is 13.4. The van der Waals surface area contributed by atoms with E-state index in [4.69, 9.17) is 18.7 Å². The highest BCUT2D eigenvalue weighted by molar-refractivity contribution is 7.50. The van der Waals surface area contributed by atoms with Gasteiger partial charge in [-0.3, -0.25) is 4.79 Å². The minimum atomic E-state index is -1.07.